The van der Waals surface area contributed by atoms with Crippen LogP contribution in [0.25, 0.3) is 21.5 Å². The summed E-state index contributed by atoms with van der Waals surface area (Å²) in [6, 6.07) is 17.2. The Morgan fingerprint density at radius 2 is 1.47 bits per heavy atom. The van der Waals surface area contributed by atoms with E-state index in [1.165, 1.54) is 24.3 Å². The molecule has 226 valence electrons. The van der Waals surface area contributed by atoms with Crippen molar-refractivity contribution in [3.05, 3.63) is 98.6 Å². The zero-order valence-corrected chi connectivity index (χ0v) is 25.6. The highest BCUT2D eigenvalue weighted by Crippen LogP contribution is 2.57. The number of benzene rings is 4. The van der Waals surface area contributed by atoms with Gasteiger partial charge in [-0.05, 0) is 97.1 Å². The predicted octanol–water partition coefficient (Wildman–Crippen LogP) is 8.17. The Morgan fingerprint density at radius 3 is 2.02 bits per heavy atom. The molecule has 0 spiro atoms. The number of non-ortho nitro benzene ring substituents is 1. The van der Waals surface area contributed by atoms with Crippen molar-refractivity contribution in [3.63, 3.8) is 0 Å². The van der Waals surface area contributed by atoms with Crippen LogP contribution in [0.3, 0.4) is 0 Å². The second-order valence-corrected chi connectivity index (χ2v) is 12.3. The number of phosphoric ester groups is 1. The van der Waals surface area contributed by atoms with Crippen molar-refractivity contribution in [2.45, 2.75) is 66.1 Å². The molecular formula is C32H34NO9P. The average Bonchev–Trinajstić information content (AvgIpc) is 3.41. The minimum atomic E-state index is -4.28. The minimum absolute atomic E-state index is 0.122. The van der Waals surface area contributed by atoms with Crippen LogP contribution in [0.15, 0.2) is 60.7 Å². The first-order chi connectivity index (χ1) is 20.5. The lowest BCUT2D eigenvalue weighted by Crippen LogP contribution is -2.18. The van der Waals surface area contributed by atoms with Crippen molar-refractivity contribution >= 4 is 41.0 Å². The zero-order chi connectivity index (χ0) is 30.9. The number of hydrogen-bond donors (Lipinski definition) is 0. The molecule has 1 atom stereocenters. The quantitative estimate of drug-likeness (QED) is 0.0546. The summed E-state index contributed by atoms with van der Waals surface area (Å²) in [6.45, 7) is 9.52. The number of fused-ring (bicyclic) bond motifs is 4. The molecule has 4 aromatic rings. The summed E-state index contributed by atoms with van der Waals surface area (Å²) in [4.78, 5) is 24.8. The Labute approximate surface area is 249 Å². The fourth-order valence-electron chi connectivity index (χ4n) is 5.36. The summed E-state index contributed by atoms with van der Waals surface area (Å²) in [5.41, 5.74) is 2.86. The molecule has 1 aliphatic heterocycles. The molecule has 0 aliphatic carbocycles. The van der Waals surface area contributed by atoms with Gasteiger partial charge in [-0.3, -0.25) is 23.7 Å². The maximum absolute atomic E-state index is 14.2. The number of rotatable bonds is 11. The van der Waals surface area contributed by atoms with Crippen LogP contribution in [0.2, 0.25) is 0 Å². The predicted molar refractivity (Wildman–Crippen MR) is 162 cm³/mol. The van der Waals surface area contributed by atoms with E-state index < -0.39 is 37.0 Å². The molecule has 0 saturated heterocycles. The molecule has 43 heavy (non-hydrogen) atoms. The lowest BCUT2D eigenvalue weighted by Gasteiger charge is -2.29. The summed E-state index contributed by atoms with van der Waals surface area (Å²) in [5, 5.41) is 14.4. The van der Waals surface area contributed by atoms with Gasteiger partial charge in [-0.1, -0.05) is 24.3 Å². The second-order valence-electron chi connectivity index (χ2n) is 10.8. The lowest BCUT2D eigenvalue weighted by atomic mass is 9.85. The molecule has 11 heteroatoms. The van der Waals surface area contributed by atoms with Crippen LogP contribution in [-0.4, -0.2) is 29.7 Å². The van der Waals surface area contributed by atoms with Gasteiger partial charge < -0.3 is 9.47 Å². The second kappa shape index (κ2) is 12.5. The molecule has 0 N–H and O–H groups in total. The van der Waals surface area contributed by atoms with Crippen LogP contribution in [-0.2, 0) is 40.8 Å². The third kappa shape index (κ3) is 6.34. The lowest BCUT2D eigenvalue weighted by molar-refractivity contribution is -0.384. The van der Waals surface area contributed by atoms with Gasteiger partial charge in [0.1, 0.15) is 6.10 Å². The minimum Gasteiger partial charge on any atom is -0.462 e. The van der Waals surface area contributed by atoms with E-state index in [-0.39, 0.29) is 17.9 Å². The molecule has 1 heterocycles. The molecule has 0 bridgehead atoms. The SMILES string of the molecule is CCOC(=O)c1c(C(OP(=O)(OC(C)C)OC(C)C)c2ccc([N+](=O)[O-])cc2)c2cc3c(cc2c2ccccc12)COC3. The molecule has 0 saturated carbocycles. The van der Waals surface area contributed by atoms with Crippen LogP contribution < -0.4 is 0 Å². The van der Waals surface area contributed by atoms with Gasteiger partial charge in [0.25, 0.3) is 5.69 Å². The molecule has 5 rings (SSSR count). The van der Waals surface area contributed by atoms with E-state index in [4.69, 9.17) is 23.0 Å². The van der Waals surface area contributed by atoms with Gasteiger partial charge in [-0.25, -0.2) is 9.36 Å². The first-order valence-corrected chi connectivity index (χ1v) is 15.6. The first-order valence-electron chi connectivity index (χ1n) is 14.2. The molecule has 0 fully saturated rings. The Kier molecular flexibility index (Phi) is 8.96. The van der Waals surface area contributed by atoms with Gasteiger partial charge in [-0.2, -0.15) is 0 Å². The van der Waals surface area contributed by atoms with E-state index in [0.717, 1.165) is 21.9 Å². The summed E-state index contributed by atoms with van der Waals surface area (Å²) in [7, 11) is -4.28. The van der Waals surface area contributed by atoms with E-state index in [0.29, 0.717) is 35.1 Å². The van der Waals surface area contributed by atoms with Crippen molar-refractivity contribution in [2.24, 2.45) is 0 Å². The number of nitrogens with zero attached hydrogens (tertiary/aromatic N) is 1. The first kappa shape index (κ1) is 30.8. The average molecular weight is 608 g/mol. The number of ether oxygens (including phenoxy) is 2. The number of esters is 1. The van der Waals surface area contributed by atoms with Crippen molar-refractivity contribution in [2.75, 3.05) is 6.61 Å². The highest BCUT2D eigenvalue weighted by atomic mass is 31.2. The standard InChI is InChI=1S/C32H34NO9P/c1-6-39-32(34)30-26-10-8-7-9-25(26)27-15-22-17-38-18-23(22)16-28(27)29(30)31(21-11-13-24(14-12-21)33(35)36)42-43(37,40-19(2)3)41-20(4)5/h7-16,19-20,31H,6,17-18H2,1-5H3. The third-order valence-corrected chi connectivity index (χ3v) is 8.79. The maximum Gasteiger partial charge on any atom is 0.476 e. The summed E-state index contributed by atoms with van der Waals surface area (Å²) >= 11 is 0. The Balaban J connectivity index is 1.89. The van der Waals surface area contributed by atoms with Crippen LogP contribution in [0.1, 0.15) is 73.3 Å². The number of nitro benzene ring substituents is 1. The summed E-state index contributed by atoms with van der Waals surface area (Å²) in [6.07, 6.45) is -2.27. The highest BCUT2D eigenvalue weighted by Gasteiger charge is 2.38. The van der Waals surface area contributed by atoms with E-state index in [1.807, 2.05) is 36.4 Å². The van der Waals surface area contributed by atoms with Gasteiger partial charge in [-0.15, -0.1) is 0 Å². The maximum atomic E-state index is 14.2. The van der Waals surface area contributed by atoms with Crippen molar-refractivity contribution in [1.29, 1.82) is 0 Å². The largest absolute Gasteiger partial charge is 0.476 e. The van der Waals surface area contributed by atoms with Gasteiger partial charge in [0.15, 0.2) is 0 Å². The van der Waals surface area contributed by atoms with E-state index in [2.05, 4.69) is 0 Å². The molecule has 4 aromatic carbocycles. The van der Waals surface area contributed by atoms with Crippen molar-refractivity contribution in [3.8, 4) is 0 Å². The van der Waals surface area contributed by atoms with Gasteiger partial charge in [0.2, 0.25) is 0 Å². The molecule has 0 aromatic heterocycles. The summed E-state index contributed by atoms with van der Waals surface area (Å²) in [5.74, 6) is -0.591. The Morgan fingerprint density at radius 1 is 0.884 bits per heavy atom. The zero-order valence-electron chi connectivity index (χ0n) is 24.7. The Hall–Kier alpha value is -3.66. The Bertz CT molecular complexity index is 1720. The van der Waals surface area contributed by atoms with Crippen LogP contribution >= 0.6 is 7.82 Å². The fraction of sp³-hybridized carbons (Fsp3) is 0.344. The van der Waals surface area contributed by atoms with Gasteiger partial charge in [0, 0.05) is 17.7 Å². The van der Waals surface area contributed by atoms with Crippen molar-refractivity contribution < 1.29 is 37.3 Å². The van der Waals surface area contributed by atoms with Crippen molar-refractivity contribution in [1.82, 2.24) is 0 Å². The molecule has 0 radical (unpaired) electrons. The van der Waals surface area contributed by atoms with Gasteiger partial charge >= 0.3 is 13.8 Å². The molecular weight excluding hydrogens is 573 g/mol. The van der Waals surface area contributed by atoms with Gasteiger partial charge in [0.05, 0.1) is 42.5 Å². The van der Waals surface area contributed by atoms with Crippen LogP contribution in [0.4, 0.5) is 5.69 Å². The molecule has 1 unspecified atom stereocenters. The molecule has 10 nitrogen and oxygen atoms in total. The van der Waals surface area contributed by atoms with Crippen LogP contribution in [0.5, 0.6) is 0 Å². The highest BCUT2D eigenvalue weighted by molar-refractivity contribution is 7.48. The smallest absolute Gasteiger partial charge is 0.462 e. The molecule has 1 aliphatic rings. The molecule has 0 amide bonds. The van der Waals surface area contributed by atoms with E-state index >= 15 is 0 Å². The number of hydrogen-bond acceptors (Lipinski definition) is 9. The monoisotopic (exact) mass is 607 g/mol. The third-order valence-electron chi connectivity index (χ3n) is 6.96. The van der Waals surface area contributed by atoms with E-state index in [1.54, 1.807) is 34.6 Å². The van der Waals surface area contributed by atoms with E-state index in [9.17, 15) is 19.5 Å². The summed E-state index contributed by atoms with van der Waals surface area (Å²) < 4.78 is 43.5. The number of nitro groups is 1. The number of carbonyl (C=O) groups excluding carboxylic acids is 1. The number of carbonyl (C=O) groups is 1. The van der Waals surface area contributed by atoms with Crippen LogP contribution in [0, 0.1) is 10.1 Å². The topological polar surface area (TPSA) is 123 Å². The normalized spacial score (nSPS) is 14.0. The number of phosphoric acid groups is 1. The fourth-order valence-corrected chi connectivity index (χ4v) is 7.02.